The molecule has 4 aliphatic rings. The van der Waals surface area contributed by atoms with Gasteiger partial charge in [0.25, 0.3) is 0 Å². The van der Waals surface area contributed by atoms with Gasteiger partial charge >= 0.3 is 0 Å². The first-order chi connectivity index (χ1) is 22.8. The Morgan fingerprint density at radius 3 is 2.23 bits per heavy atom. The number of carbonyl (C=O) groups is 6. The molecule has 3 aliphatic carbocycles. The van der Waals surface area contributed by atoms with Crippen molar-refractivity contribution in [3.8, 4) is 0 Å². The molecule has 0 spiro atoms. The summed E-state index contributed by atoms with van der Waals surface area (Å²) in [7, 11) is 0. The lowest BCUT2D eigenvalue weighted by Gasteiger charge is -2.35. The van der Waals surface area contributed by atoms with E-state index in [0.29, 0.717) is 38.6 Å². The summed E-state index contributed by atoms with van der Waals surface area (Å²) in [6, 6.07) is 6.52. The predicted octanol–water partition coefficient (Wildman–Crippen LogP) is 5.49. The van der Waals surface area contributed by atoms with Crippen LogP contribution in [0.2, 0.25) is 0 Å². The van der Waals surface area contributed by atoms with Gasteiger partial charge in [0.05, 0.1) is 6.04 Å². The average Bonchev–Trinajstić information content (AvgIpc) is 3.85. The molecular formula is C40H54N2O6. The van der Waals surface area contributed by atoms with Crippen LogP contribution in [0.25, 0.3) is 0 Å². The van der Waals surface area contributed by atoms with Crippen LogP contribution in [-0.2, 0) is 41.6 Å². The standard InChI is InChI=1S/C40H54N2O6/c1-7-9-15-31(43)38(47)27(12-8-2)20-32(44)36-34-30(40(34,5)6)22-42(36)39(48)35(28-18-25-13-10-11-14-26(25)19-28)41-33(45)21-29(23(3)4)37(46)24-16-17-24/h7,10-11,13-14,23-24,27-30,34-36H,1,8-9,12,15-22H2,2-6H3,(H,41,45)/t27?,29-,30-,34-,35-,36+/m0/s1. The van der Waals surface area contributed by atoms with Crippen LogP contribution < -0.4 is 5.32 Å². The fourth-order valence-corrected chi connectivity index (χ4v) is 8.66. The molecule has 8 nitrogen and oxygen atoms in total. The number of carbonyl (C=O) groups excluding carboxylic acids is 6. The largest absolute Gasteiger partial charge is 0.344 e. The van der Waals surface area contributed by atoms with Crippen LogP contribution in [0.5, 0.6) is 0 Å². The van der Waals surface area contributed by atoms with Crippen LogP contribution in [0.1, 0.15) is 97.1 Å². The number of nitrogens with zero attached hydrogens (tertiary/aromatic N) is 1. The number of amides is 2. The van der Waals surface area contributed by atoms with Gasteiger partial charge in [0.2, 0.25) is 17.6 Å². The molecule has 1 aromatic rings. The van der Waals surface area contributed by atoms with Gasteiger partial charge in [-0.15, -0.1) is 6.58 Å². The monoisotopic (exact) mass is 658 g/mol. The van der Waals surface area contributed by atoms with Crippen molar-refractivity contribution >= 4 is 34.9 Å². The van der Waals surface area contributed by atoms with Gasteiger partial charge in [-0.2, -0.15) is 0 Å². The lowest BCUT2D eigenvalue weighted by molar-refractivity contribution is -0.145. The molecule has 1 unspecified atom stereocenters. The Balaban J connectivity index is 1.38. The molecule has 0 bridgehead atoms. The number of hydrogen-bond donors (Lipinski definition) is 1. The maximum atomic E-state index is 14.7. The minimum atomic E-state index is -0.849. The number of fused-ring (bicyclic) bond motifs is 2. The van der Waals surface area contributed by atoms with Crippen molar-refractivity contribution in [3.63, 3.8) is 0 Å². The maximum Gasteiger partial charge on any atom is 0.246 e. The van der Waals surface area contributed by atoms with Gasteiger partial charge in [-0.3, -0.25) is 28.8 Å². The molecule has 1 aromatic carbocycles. The van der Waals surface area contributed by atoms with Gasteiger partial charge in [0.15, 0.2) is 11.6 Å². The van der Waals surface area contributed by atoms with Gasteiger partial charge in [-0.05, 0) is 78.7 Å². The Hall–Kier alpha value is -3.42. The summed E-state index contributed by atoms with van der Waals surface area (Å²) in [5.41, 5.74) is 2.18. The molecule has 0 radical (unpaired) electrons. The van der Waals surface area contributed by atoms with E-state index < -0.39 is 35.5 Å². The molecule has 2 saturated carbocycles. The van der Waals surface area contributed by atoms with Crippen molar-refractivity contribution < 1.29 is 28.8 Å². The molecule has 1 saturated heterocycles. The molecule has 1 N–H and O–H groups in total. The molecule has 1 heterocycles. The van der Waals surface area contributed by atoms with E-state index in [-0.39, 0.29) is 77.6 Å². The van der Waals surface area contributed by atoms with Gasteiger partial charge in [0, 0.05) is 43.6 Å². The van der Waals surface area contributed by atoms with Crippen molar-refractivity contribution in [1.82, 2.24) is 10.2 Å². The van der Waals surface area contributed by atoms with Crippen molar-refractivity contribution in [1.29, 1.82) is 0 Å². The first kappa shape index (κ1) is 35.9. The number of piperidine rings is 1. The number of benzene rings is 1. The third kappa shape index (κ3) is 7.42. The second kappa shape index (κ2) is 14.6. The van der Waals surface area contributed by atoms with Crippen LogP contribution in [-0.4, -0.2) is 58.5 Å². The van der Waals surface area contributed by atoms with Gasteiger partial charge in [-0.1, -0.05) is 71.4 Å². The summed E-state index contributed by atoms with van der Waals surface area (Å²) in [6.45, 7) is 14.2. The average molecular weight is 659 g/mol. The molecule has 8 heteroatoms. The van der Waals surface area contributed by atoms with Crippen molar-refractivity contribution in [2.75, 3.05) is 6.54 Å². The van der Waals surface area contributed by atoms with E-state index in [0.717, 1.165) is 24.0 Å². The smallest absolute Gasteiger partial charge is 0.246 e. The topological polar surface area (TPSA) is 118 Å². The molecular weight excluding hydrogens is 604 g/mol. The third-order valence-electron chi connectivity index (χ3n) is 11.8. The Kier molecular flexibility index (Phi) is 10.9. The van der Waals surface area contributed by atoms with Crippen LogP contribution in [0.4, 0.5) is 0 Å². The van der Waals surface area contributed by atoms with E-state index in [4.69, 9.17) is 0 Å². The summed E-state index contributed by atoms with van der Waals surface area (Å²) in [6.07, 6.45) is 6.15. The molecule has 1 aliphatic heterocycles. The highest BCUT2D eigenvalue weighted by Crippen LogP contribution is 2.65. The lowest BCUT2D eigenvalue weighted by atomic mass is 9.85. The maximum absolute atomic E-state index is 14.7. The van der Waals surface area contributed by atoms with Gasteiger partial charge in [0.1, 0.15) is 11.8 Å². The number of nitrogens with one attached hydrogen (secondary N) is 1. The summed E-state index contributed by atoms with van der Waals surface area (Å²) in [5.74, 6) is -2.75. The van der Waals surface area contributed by atoms with Crippen molar-refractivity contribution in [3.05, 3.63) is 48.0 Å². The molecule has 6 atom stereocenters. The Bertz CT molecular complexity index is 1430. The second-order valence-corrected chi connectivity index (χ2v) is 15.9. The minimum absolute atomic E-state index is 0.00564. The third-order valence-corrected chi connectivity index (χ3v) is 11.8. The van der Waals surface area contributed by atoms with E-state index in [2.05, 4.69) is 37.9 Å². The number of hydrogen-bond acceptors (Lipinski definition) is 6. The zero-order chi connectivity index (χ0) is 34.9. The highest BCUT2D eigenvalue weighted by molar-refractivity contribution is 6.38. The number of Topliss-reactive ketones (excluding diaryl/α,β-unsaturated/α-hetero) is 4. The SMILES string of the molecule is C=CCCC(=O)C(=O)C(CCC)CC(=O)[C@@H]1[C@@H]2[C@H](CN1C(=O)[C@@H](NC(=O)C[C@H](C(=O)C1CC1)C(C)C)C1Cc3ccccc3C1)C2(C)C. The van der Waals surface area contributed by atoms with E-state index in [1.807, 2.05) is 32.9 Å². The number of rotatable bonds is 18. The van der Waals surface area contributed by atoms with E-state index in [1.165, 1.54) is 0 Å². The number of ketones is 4. The molecule has 48 heavy (non-hydrogen) atoms. The molecule has 0 aromatic heterocycles. The quantitative estimate of drug-likeness (QED) is 0.165. The van der Waals surface area contributed by atoms with Crippen molar-refractivity contribution in [2.45, 2.75) is 111 Å². The fourth-order valence-electron chi connectivity index (χ4n) is 8.66. The van der Waals surface area contributed by atoms with Gasteiger partial charge < -0.3 is 10.2 Å². The molecule has 2 amide bonds. The number of likely N-dealkylation sites (tertiary alicyclic amines) is 1. The zero-order valence-corrected chi connectivity index (χ0v) is 29.5. The summed E-state index contributed by atoms with van der Waals surface area (Å²) >= 11 is 0. The van der Waals surface area contributed by atoms with Crippen LogP contribution in [0.15, 0.2) is 36.9 Å². The Morgan fingerprint density at radius 2 is 1.67 bits per heavy atom. The van der Waals surface area contributed by atoms with E-state index in [1.54, 1.807) is 11.0 Å². The first-order valence-corrected chi connectivity index (χ1v) is 18.2. The number of allylic oxidation sites excluding steroid dienone is 1. The van der Waals surface area contributed by atoms with Crippen LogP contribution >= 0.6 is 0 Å². The summed E-state index contributed by atoms with van der Waals surface area (Å²) in [4.78, 5) is 83.2. The predicted molar refractivity (Wildman–Crippen MR) is 184 cm³/mol. The van der Waals surface area contributed by atoms with E-state index >= 15 is 0 Å². The normalized spacial score (nSPS) is 24.3. The molecule has 5 rings (SSSR count). The highest BCUT2D eigenvalue weighted by Gasteiger charge is 2.69. The highest BCUT2D eigenvalue weighted by atomic mass is 16.2. The van der Waals surface area contributed by atoms with Gasteiger partial charge in [-0.25, -0.2) is 0 Å². The van der Waals surface area contributed by atoms with Crippen LogP contribution in [0.3, 0.4) is 0 Å². The molecule has 3 fully saturated rings. The Morgan fingerprint density at radius 1 is 1.02 bits per heavy atom. The van der Waals surface area contributed by atoms with E-state index in [9.17, 15) is 28.8 Å². The first-order valence-electron chi connectivity index (χ1n) is 18.2. The second-order valence-electron chi connectivity index (χ2n) is 15.9. The van der Waals surface area contributed by atoms with Crippen molar-refractivity contribution in [2.24, 2.45) is 46.8 Å². The van der Waals surface area contributed by atoms with Crippen LogP contribution in [0, 0.1) is 46.8 Å². The summed E-state index contributed by atoms with van der Waals surface area (Å²) < 4.78 is 0. The Labute approximate surface area is 285 Å². The molecule has 260 valence electrons. The lowest BCUT2D eigenvalue weighted by Crippen LogP contribution is -2.57. The zero-order valence-electron chi connectivity index (χ0n) is 29.5. The fraction of sp³-hybridized carbons (Fsp3) is 0.650. The summed E-state index contributed by atoms with van der Waals surface area (Å²) in [5, 5.41) is 3.09. The minimum Gasteiger partial charge on any atom is -0.344 e.